The summed E-state index contributed by atoms with van der Waals surface area (Å²) in [6, 6.07) is 13.6. The summed E-state index contributed by atoms with van der Waals surface area (Å²) in [6.07, 6.45) is 0.845. The zero-order chi connectivity index (χ0) is 25.1. The second-order valence-electron chi connectivity index (χ2n) is 8.02. The first-order valence-electron chi connectivity index (χ1n) is 11.1. The van der Waals surface area contributed by atoms with Crippen molar-refractivity contribution in [3.8, 4) is 17.2 Å². The lowest BCUT2D eigenvalue weighted by Gasteiger charge is -2.26. The van der Waals surface area contributed by atoms with Crippen molar-refractivity contribution in [2.45, 2.75) is 25.9 Å². The normalized spacial score (nSPS) is 17.0. The standard InChI is InChI=1S/C27H27NO6S/c1-5-16-8-10-17(11-9-16)24(29)22-23(18-13-20(32-2)26(34-4)21(14-18)33-3)28(27(31)25(22)30)15-19-7-6-12-35-19/h6-14,23,29H,5,15H2,1-4H3/b24-22+. The largest absolute Gasteiger partial charge is 0.507 e. The maximum absolute atomic E-state index is 13.3. The Hall–Kier alpha value is -3.78. The Labute approximate surface area is 208 Å². The van der Waals surface area contributed by atoms with Crippen LogP contribution in [0.1, 0.15) is 34.5 Å². The number of nitrogens with zero attached hydrogens (tertiary/aromatic N) is 1. The molecule has 3 aromatic rings. The van der Waals surface area contributed by atoms with E-state index in [0.717, 1.165) is 16.9 Å². The Bertz CT molecular complexity index is 1240. The van der Waals surface area contributed by atoms with Gasteiger partial charge < -0.3 is 24.2 Å². The molecule has 0 radical (unpaired) electrons. The predicted molar refractivity (Wildman–Crippen MR) is 134 cm³/mol. The summed E-state index contributed by atoms with van der Waals surface area (Å²) in [5.41, 5.74) is 2.14. The number of aryl methyl sites for hydroxylation is 1. The molecule has 35 heavy (non-hydrogen) atoms. The summed E-state index contributed by atoms with van der Waals surface area (Å²) in [4.78, 5) is 28.9. The number of carbonyl (C=O) groups excluding carboxylic acids is 2. The van der Waals surface area contributed by atoms with E-state index >= 15 is 0 Å². The monoisotopic (exact) mass is 493 g/mol. The molecule has 0 spiro atoms. The van der Waals surface area contributed by atoms with Crippen LogP contribution in [0, 0.1) is 0 Å². The predicted octanol–water partition coefficient (Wildman–Crippen LogP) is 4.96. The Morgan fingerprint density at radius 3 is 2.17 bits per heavy atom. The van der Waals surface area contributed by atoms with Crippen LogP contribution in [0.2, 0.25) is 0 Å². The number of ketones is 1. The molecular weight excluding hydrogens is 466 g/mol. The summed E-state index contributed by atoms with van der Waals surface area (Å²) in [5.74, 6) is -0.476. The Morgan fingerprint density at radius 2 is 1.66 bits per heavy atom. The highest BCUT2D eigenvalue weighted by atomic mass is 32.1. The minimum atomic E-state index is -0.850. The number of aliphatic hydroxyl groups is 1. The third-order valence-electron chi connectivity index (χ3n) is 6.08. The highest BCUT2D eigenvalue weighted by Crippen LogP contribution is 2.46. The average Bonchev–Trinajstić information content (AvgIpc) is 3.49. The topological polar surface area (TPSA) is 85.3 Å². The number of Topliss-reactive ketones (excluding diaryl/α,β-unsaturated/α-hetero) is 1. The third-order valence-corrected chi connectivity index (χ3v) is 6.95. The van der Waals surface area contributed by atoms with Gasteiger partial charge in [-0.1, -0.05) is 37.3 Å². The van der Waals surface area contributed by atoms with E-state index in [1.165, 1.54) is 37.6 Å². The van der Waals surface area contributed by atoms with Crippen LogP contribution < -0.4 is 14.2 Å². The molecule has 7 nitrogen and oxygen atoms in total. The second kappa shape index (κ2) is 10.2. The van der Waals surface area contributed by atoms with Crippen LogP contribution in [0.15, 0.2) is 59.5 Å². The molecule has 1 aliphatic heterocycles. The van der Waals surface area contributed by atoms with E-state index in [2.05, 4.69) is 0 Å². The fourth-order valence-corrected chi connectivity index (χ4v) is 4.98. The first kappa shape index (κ1) is 24.3. The van der Waals surface area contributed by atoms with Gasteiger partial charge in [-0.05, 0) is 41.1 Å². The number of benzene rings is 2. The molecule has 4 rings (SSSR count). The minimum Gasteiger partial charge on any atom is -0.507 e. The van der Waals surface area contributed by atoms with E-state index in [4.69, 9.17) is 14.2 Å². The summed E-state index contributed by atoms with van der Waals surface area (Å²) in [7, 11) is 4.50. The molecule has 182 valence electrons. The van der Waals surface area contributed by atoms with Crippen LogP contribution in [-0.2, 0) is 22.6 Å². The molecular formula is C27H27NO6S. The van der Waals surface area contributed by atoms with Crippen LogP contribution in [0.4, 0.5) is 0 Å². The summed E-state index contributed by atoms with van der Waals surface area (Å²) in [6.45, 7) is 2.25. The molecule has 1 amide bonds. The van der Waals surface area contributed by atoms with Gasteiger partial charge >= 0.3 is 0 Å². The smallest absolute Gasteiger partial charge is 0.295 e. The Kier molecular flexibility index (Phi) is 7.12. The molecule has 1 aliphatic rings. The third kappa shape index (κ3) is 4.49. The highest BCUT2D eigenvalue weighted by Gasteiger charge is 2.46. The number of hydrogen-bond donors (Lipinski definition) is 1. The van der Waals surface area contributed by atoms with Gasteiger partial charge in [0.1, 0.15) is 5.76 Å². The lowest BCUT2D eigenvalue weighted by Crippen LogP contribution is -2.29. The quantitative estimate of drug-likeness (QED) is 0.271. The van der Waals surface area contributed by atoms with Crippen molar-refractivity contribution in [3.63, 3.8) is 0 Å². The number of ether oxygens (including phenoxy) is 3. The van der Waals surface area contributed by atoms with E-state index in [9.17, 15) is 14.7 Å². The van der Waals surface area contributed by atoms with E-state index < -0.39 is 17.7 Å². The highest BCUT2D eigenvalue weighted by molar-refractivity contribution is 7.09. The van der Waals surface area contributed by atoms with Crippen LogP contribution in [0.5, 0.6) is 17.2 Å². The van der Waals surface area contributed by atoms with Crippen LogP contribution in [-0.4, -0.2) is 43.0 Å². The van der Waals surface area contributed by atoms with Crippen molar-refractivity contribution >= 4 is 28.8 Å². The Balaban J connectivity index is 1.92. The van der Waals surface area contributed by atoms with Crippen LogP contribution in [0.3, 0.4) is 0 Å². The number of rotatable bonds is 8. The van der Waals surface area contributed by atoms with Crippen LogP contribution in [0.25, 0.3) is 5.76 Å². The number of likely N-dealkylation sites (tertiary alicyclic amines) is 1. The van der Waals surface area contributed by atoms with Crippen LogP contribution >= 0.6 is 11.3 Å². The Morgan fingerprint density at radius 1 is 1.00 bits per heavy atom. The summed E-state index contributed by atoms with van der Waals surface area (Å²) < 4.78 is 16.5. The lowest BCUT2D eigenvalue weighted by molar-refractivity contribution is -0.140. The van der Waals surface area contributed by atoms with Gasteiger partial charge in [0, 0.05) is 10.4 Å². The maximum atomic E-state index is 13.3. The summed E-state index contributed by atoms with van der Waals surface area (Å²) in [5, 5.41) is 13.2. The molecule has 1 atom stereocenters. The maximum Gasteiger partial charge on any atom is 0.295 e. The van der Waals surface area contributed by atoms with E-state index in [0.29, 0.717) is 28.4 Å². The van der Waals surface area contributed by atoms with Crippen molar-refractivity contribution in [2.24, 2.45) is 0 Å². The van der Waals surface area contributed by atoms with Gasteiger partial charge in [0.25, 0.3) is 11.7 Å². The van der Waals surface area contributed by atoms with Crippen molar-refractivity contribution in [1.29, 1.82) is 0 Å². The van der Waals surface area contributed by atoms with Gasteiger partial charge in [0.05, 0.1) is 39.5 Å². The molecule has 0 aliphatic carbocycles. The van der Waals surface area contributed by atoms with E-state index in [-0.39, 0.29) is 17.9 Å². The number of carbonyl (C=O) groups is 2. The summed E-state index contributed by atoms with van der Waals surface area (Å²) >= 11 is 1.49. The molecule has 8 heteroatoms. The number of hydrogen-bond acceptors (Lipinski definition) is 7. The molecule has 1 unspecified atom stereocenters. The average molecular weight is 494 g/mol. The minimum absolute atomic E-state index is 0.0186. The number of amides is 1. The number of thiophene rings is 1. The van der Waals surface area contributed by atoms with Gasteiger partial charge in [-0.15, -0.1) is 11.3 Å². The lowest BCUT2D eigenvalue weighted by atomic mass is 9.94. The molecule has 1 aromatic heterocycles. The molecule has 2 aromatic carbocycles. The molecule has 0 bridgehead atoms. The molecule has 1 N–H and O–H groups in total. The fraction of sp³-hybridized carbons (Fsp3) is 0.259. The molecule has 1 saturated heterocycles. The van der Waals surface area contributed by atoms with Gasteiger partial charge in [0.2, 0.25) is 5.75 Å². The fourth-order valence-electron chi connectivity index (χ4n) is 4.27. The van der Waals surface area contributed by atoms with Crippen molar-refractivity contribution in [1.82, 2.24) is 4.90 Å². The second-order valence-corrected chi connectivity index (χ2v) is 9.05. The van der Waals surface area contributed by atoms with E-state index in [1.54, 1.807) is 24.3 Å². The SMILES string of the molecule is CCc1ccc(/C(O)=C2\C(=O)C(=O)N(Cc3cccs3)C2c2cc(OC)c(OC)c(OC)c2)cc1. The zero-order valence-corrected chi connectivity index (χ0v) is 20.8. The van der Waals surface area contributed by atoms with Crippen molar-refractivity contribution in [2.75, 3.05) is 21.3 Å². The first-order valence-corrected chi connectivity index (χ1v) is 12.0. The number of aliphatic hydroxyl groups excluding tert-OH is 1. The van der Waals surface area contributed by atoms with Crippen molar-refractivity contribution < 1.29 is 28.9 Å². The zero-order valence-electron chi connectivity index (χ0n) is 20.0. The molecule has 1 fully saturated rings. The molecule has 2 heterocycles. The van der Waals surface area contributed by atoms with Gasteiger partial charge in [0.15, 0.2) is 11.5 Å². The van der Waals surface area contributed by atoms with Gasteiger partial charge in [-0.25, -0.2) is 0 Å². The number of methoxy groups -OCH3 is 3. The van der Waals surface area contributed by atoms with E-state index in [1.807, 2.05) is 36.6 Å². The van der Waals surface area contributed by atoms with Crippen molar-refractivity contribution in [3.05, 3.63) is 81.1 Å². The van der Waals surface area contributed by atoms with Gasteiger partial charge in [-0.3, -0.25) is 9.59 Å². The van der Waals surface area contributed by atoms with Gasteiger partial charge in [-0.2, -0.15) is 0 Å². The first-order chi connectivity index (χ1) is 16.9. The molecule has 0 saturated carbocycles.